The molecule has 1 N–H and O–H groups in total. The minimum atomic E-state index is -1.25. The van der Waals surface area contributed by atoms with Crippen LogP contribution >= 0.6 is 0 Å². The minimum absolute atomic E-state index is 0.382. The first kappa shape index (κ1) is 14.3. The summed E-state index contributed by atoms with van der Waals surface area (Å²) in [5.41, 5.74) is 1.06. The molecule has 5 heteroatoms. The number of halogens is 1. The summed E-state index contributed by atoms with van der Waals surface area (Å²) in [5.74, 6) is -0.100. The third-order valence-corrected chi connectivity index (χ3v) is 5.12. The maximum absolute atomic E-state index is 14.0. The number of carboxylic acid groups (broad SMARTS) is 1. The van der Waals surface area contributed by atoms with Crippen molar-refractivity contribution >= 4 is 5.97 Å². The quantitative estimate of drug-likeness (QED) is 0.946. The molecule has 118 valence electrons. The van der Waals surface area contributed by atoms with Crippen molar-refractivity contribution in [1.82, 2.24) is 9.97 Å². The van der Waals surface area contributed by atoms with Crippen LogP contribution in [-0.2, 0) is 16.6 Å². The molecule has 1 aromatic heterocycles. The topological polar surface area (TPSA) is 63.1 Å². The third-order valence-electron chi connectivity index (χ3n) is 5.12. The molecule has 1 fully saturated rings. The van der Waals surface area contributed by atoms with Crippen molar-refractivity contribution < 1.29 is 14.3 Å². The first-order chi connectivity index (χ1) is 11.0. The molecule has 23 heavy (non-hydrogen) atoms. The van der Waals surface area contributed by atoms with Gasteiger partial charge in [0.15, 0.2) is 0 Å². The van der Waals surface area contributed by atoms with Crippen LogP contribution in [0.4, 0.5) is 4.39 Å². The molecule has 4 nitrogen and oxygen atoms in total. The predicted molar refractivity (Wildman–Crippen MR) is 81.9 cm³/mol. The predicted octanol–water partition coefficient (Wildman–Crippen LogP) is 3.12. The van der Waals surface area contributed by atoms with E-state index < -0.39 is 11.4 Å². The maximum Gasteiger partial charge on any atom is 0.318 e. The van der Waals surface area contributed by atoms with Gasteiger partial charge in [0.05, 0.1) is 0 Å². The average molecular weight is 312 g/mol. The molecule has 2 aliphatic rings. The summed E-state index contributed by atoms with van der Waals surface area (Å²) in [6.45, 7) is 1.63. The van der Waals surface area contributed by atoms with Gasteiger partial charge in [0.25, 0.3) is 0 Å². The number of aliphatic carboxylic acids is 1. The number of fused-ring (bicyclic) bond motifs is 1. The van der Waals surface area contributed by atoms with Gasteiger partial charge in [-0.25, -0.2) is 14.4 Å². The van der Waals surface area contributed by atoms with E-state index in [1.165, 1.54) is 6.07 Å². The Bertz CT molecular complexity index is 817. The summed E-state index contributed by atoms with van der Waals surface area (Å²) in [4.78, 5) is 21.2. The second-order valence-electron chi connectivity index (χ2n) is 6.49. The van der Waals surface area contributed by atoms with E-state index in [0.717, 1.165) is 24.4 Å². The number of carboxylic acids is 1. The van der Waals surface area contributed by atoms with Gasteiger partial charge in [0, 0.05) is 23.4 Å². The smallest absolute Gasteiger partial charge is 0.318 e. The van der Waals surface area contributed by atoms with Crippen molar-refractivity contribution in [1.29, 1.82) is 0 Å². The summed E-state index contributed by atoms with van der Waals surface area (Å²) in [6.07, 6.45) is 4.84. The highest BCUT2D eigenvalue weighted by Gasteiger charge is 2.49. The van der Waals surface area contributed by atoms with Crippen molar-refractivity contribution in [3.05, 3.63) is 58.4 Å². The molecule has 1 aromatic carbocycles. The van der Waals surface area contributed by atoms with Crippen molar-refractivity contribution in [2.75, 3.05) is 0 Å². The molecule has 1 atom stereocenters. The van der Waals surface area contributed by atoms with Gasteiger partial charge in [0.2, 0.25) is 0 Å². The van der Waals surface area contributed by atoms with E-state index in [4.69, 9.17) is 0 Å². The molecular formula is C18H17FN2O2. The maximum atomic E-state index is 14.0. The zero-order valence-electron chi connectivity index (χ0n) is 12.8. The van der Waals surface area contributed by atoms with Gasteiger partial charge in [-0.1, -0.05) is 12.1 Å². The van der Waals surface area contributed by atoms with E-state index in [0.29, 0.717) is 35.4 Å². The lowest BCUT2D eigenvalue weighted by Crippen LogP contribution is -2.36. The second-order valence-corrected chi connectivity index (χ2v) is 6.49. The molecule has 2 aliphatic carbocycles. The number of hydrogen-bond acceptors (Lipinski definition) is 3. The van der Waals surface area contributed by atoms with Crippen LogP contribution in [0.25, 0.3) is 0 Å². The van der Waals surface area contributed by atoms with E-state index >= 15 is 0 Å². The summed E-state index contributed by atoms with van der Waals surface area (Å²) < 4.78 is 14.0. The highest BCUT2D eigenvalue weighted by atomic mass is 19.1. The van der Waals surface area contributed by atoms with Gasteiger partial charge in [-0.3, -0.25) is 4.79 Å². The zero-order valence-corrected chi connectivity index (χ0v) is 12.8. The zero-order chi connectivity index (χ0) is 16.2. The highest BCUT2D eigenvalue weighted by molar-refractivity contribution is 5.88. The Morgan fingerprint density at radius 2 is 2.13 bits per heavy atom. The molecule has 4 rings (SSSR count). The highest BCUT2D eigenvalue weighted by Crippen LogP contribution is 2.46. The number of hydrogen-bond donors (Lipinski definition) is 1. The van der Waals surface area contributed by atoms with E-state index in [9.17, 15) is 14.3 Å². The first-order valence-electron chi connectivity index (χ1n) is 7.89. The lowest BCUT2D eigenvalue weighted by molar-refractivity contribution is -0.142. The van der Waals surface area contributed by atoms with Crippen LogP contribution in [0.2, 0.25) is 0 Å². The summed E-state index contributed by atoms with van der Waals surface area (Å²) >= 11 is 0. The fraction of sp³-hybridized carbons (Fsp3) is 0.389. The van der Waals surface area contributed by atoms with Gasteiger partial charge in [-0.15, -0.1) is 0 Å². The fourth-order valence-corrected chi connectivity index (χ4v) is 3.65. The number of aryl methyl sites for hydroxylation is 1. The Labute approximate surface area is 133 Å². The van der Waals surface area contributed by atoms with E-state index in [1.54, 1.807) is 25.3 Å². The van der Waals surface area contributed by atoms with E-state index in [1.807, 2.05) is 0 Å². The van der Waals surface area contributed by atoms with Crippen LogP contribution in [0.5, 0.6) is 0 Å². The third kappa shape index (κ3) is 1.99. The molecule has 0 amide bonds. The molecule has 0 saturated heterocycles. The van der Waals surface area contributed by atoms with Crippen LogP contribution in [-0.4, -0.2) is 21.0 Å². The standard InChI is InChI=1S/C18H17FN2O2/c1-10-12(3-2-4-14(10)19)18(17(22)23)8-7-15-13(18)9-20-16(21-15)11-5-6-11/h2-4,9,11H,5-8H2,1H3,(H,22,23). The van der Waals surface area contributed by atoms with Gasteiger partial charge in [-0.2, -0.15) is 0 Å². The summed E-state index contributed by atoms with van der Waals surface area (Å²) in [6, 6.07) is 4.63. The molecule has 0 aliphatic heterocycles. The molecule has 0 radical (unpaired) electrons. The van der Waals surface area contributed by atoms with Crippen LogP contribution < -0.4 is 0 Å². The van der Waals surface area contributed by atoms with Gasteiger partial charge < -0.3 is 5.11 Å². The monoisotopic (exact) mass is 312 g/mol. The average Bonchev–Trinajstić information content (AvgIpc) is 3.31. The fourth-order valence-electron chi connectivity index (χ4n) is 3.65. The number of benzene rings is 1. The van der Waals surface area contributed by atoms with Crippen molar-refractivity contribution in [2.24, 2.45) is 0 Å². The molecule has 0 bridgehead atoms. The number of nitrogens with zero attached hydrogens (tertiary/aromatic N) is 2. The van der Waals surface area contributed by atoms with E-state index in [-0.39, 0.29) is 5.82 Å². The second kappa shape index (κ2) is 4.85. The molecule has 0 spiro atoms. The van der Waals surface area contributed by atoms with Crippen LogP contribution in [0.15, 0.2) is 24.4 Å². The lowest BCUT2D eigenvalue weighted by Gasteiger charge is -2.27. The summed E-state index contributed by atoms with van der Waals surface area (Å²) in [7, 11) is 0. The SMILES string of the molecule is Cc1c(F)cccc1C1(C(=O)O)CCc2nc(C3CC3)ncc21. The van der Waals surface area contributed by atoms with Gasteiger partial charge >= 0.3 is 5.97 Å². The molecular weight excluding hydrogens is 295 g/mol. The molecule has 1 heterocycles. The Kier molecular flexibility index (Phi) is 3.01. The molecule has 1 saturated carbocycles. The van der Waals surface area contributed by atoms with Crippen molar-refractivity contribution in [3.63, 3.8) is 0 Å². The Hall–Kier alpha value is -2.30. The molecule has 2 aromatic rings. The van der Waals surface area contributed by atoms with E-state index in [2.05, 4.69) is 9.97 Å². The Balaban J connectivity index is 1.91. The van der Waals surface area contributed by atoms with Crippen LogP contribution in [0.3, 0.4) is 0 Å². The molecule has 1 unspecified atom stereocenters. The first-order valence-corrected chi connectivity index (χ1v) is 7.89. The number of aromatic nitrogens is 2. The minimum Gasteiger partial charge on any atom is -0.480 e. The largest absolute Gasteiger partial charge is 0.480 e. The van der Waals surface area contributed by atoms with Crippen molar-refractivity contribution in [2.45, 2.75) is 43.9 Å². The van der Waals surface area contributed by atoms with Crippen LogP contribution in [0, 0.1) is 12.7 Å². The normalized spacial score (nSPS) is 22.9. The van der Waals surface area contributed by atoms with Gasteiger partial charge in [0.1, 0.15) is 17.1 Å². The number of carbonyl (C=O) groups is 1. The Morgan fingerprint density at radius 1 is 1.35 bits per heavy atom. The number of rotatable bonds is 3. The lowest BCUT2D eigenvalue weighted by atomic mass is 9.74. The van der Waals surface area contributed by atoms with Crippen molar-refractivity contribution in [3.8, 4) is 0 Å². The Morgan fingerprint density at radius 3 is 2.83 bits per heavy atom. The van der Waals surface area contributed by atoms with Crippen LogP contribution in [0.1, 0.15) is 53.4 Å². The summed E-state index contributed by atoms with van der Waals surface area (Å²) in [5, 5.41) is 9.99. The van der Waals surface area contributed by atoms with Gasteiger partial charge in [-0.05, 0) is 49.8 Å².